The maximum absolute atomic E-state index is 13.0. The number of fused-ring (bicyclic) bond motifs is 1. The molecule has 1 unspecified atom stereocenters. The monoisotopic (exact) mass is 486 g/mol. The molecule has 1 aliphatic heterocycles. The molecule has 0 spiro atoms. The lowest BCUT2D eigenvalue weighted by atomic mass is 9.87. The van der Waals surface area contributed by atoms with E-state index in [1.807, 2.05) is 24.3 Å². The Labute approximate surface area is 210 Å². The minimum atomic E-state index is -1.01. The van der Waals surface area contributed by atoms with Crippen molar-refractivity contribution in [1.29, 1.82) is 0 Å². The molecule has 2 N–H and O–H groups in total. The summed E-state index contributed by atoms with van der Waals surface area (Å²) in [5.74, 6) is -1.50. The number of benzene rings is 2. The van der Waals surface area contributed by atoms with Crippen molar-refractivity contribution in [2.45, 2.75) is 52.6 Å². The van der Waals surface area contributed by atoms with Crippen molar-refractivity contribution in [2.24, 2.45) is 5.92 Å². The highest BCUT2D eigenvalue weighted by atomic mass is 16.4. The number of rotatable bonds is 6. The smallest absolute Gasteiger partial charge is 0.326 e. The van der Waals surface area contributed by atoms with E-state index in [9.17, 15) is 19.5 Å². The van der Waals surface area contributed by atoms with Crippen LogP contribution in [0.4, 0.5) is 5.82 Å². The van der Waals surface area contributed by atoms with Crippen LogP contribution in [0.3, 0.4) is 0 Å². The van der Waals surface area contributed by atoms with Gasteiger partial charge in [0.25, 0.3) is 11.8 Å². The molecule has 1 aliphatic rings. The molecular formula is C28H30N4O4. The molecule has 0 saturated heterocycles. The van der Waals surface area contributed by atoms with Crippen molar-refractivity contribution in [3.8, 4) is 11.3 Å². The summed E-state index contributed by atoms with van der Waals surface area (Å²) in [5.41, 5.74) is 4.14. The predicted octanol–water partition coefficient (Wildman–Crippen LogP) is 4.76. The lowest BCUT2D eigenvalue weighted by Crippen LogP contribution is -2.44. The molecule has 0 saturated carbocycles. The van der Waals surface area contributed by atoms with Gasteiger partial charge in [-0.25, -0.2) is 9.78 Å². The number of carboxylic acids is 1. The fourth-order valence-electron chi connectivity index (χ4n) is 4.34. The van der Waals surface area contributed by atoms with Crippen molar-refractivity contribution in [3.05, 3.63) is 77.1 Å². The number of carboxylic acid groups (broad SMARTS) is 1. The summed E-state index contributed by atoms with van der Waals surface area (Å²) in [7, 11) is 0. The summed E-state index contributed by atoms with van der Waals surface area (Å²) in [5, 5.41) is 12.4. The van der Waals surface area contributed by atoms with Crippen LogP contribution < -0.4 is 5.32 Å². The molecule has 186 valence electrons. The molecule has 8 heteroatoms. The van der Waals surface area contributed by atoms with Crippen molar-refractivity contribution in [1.82, 2.24) is 14.9 Å². The molecule has 2 heterocycles. The van der Waals surface area contributed by atoms with Gasteiger partial charge in [0.05, 0.1) is 18.1 Å². The Morgan fingerprint density at radius 1 is 1.03 bits per heavy atom. The Balaban J connectivity index is 1.48. The third kappa shape index (κ3) is 4.98. The molecule has 1 aromatic heterocycles. The molecule has 2 amide bonds. The number of anilines is 1. The quantitative estimate of drug-likeness (QED) is 0.520. The molecule has 2 aromatic carbocycles. The fourth-order valence-corrected chi connectivity index (χ4v) is 4.34. The second-order valence-corrected chi connectivity index (χ2v) is 10.4. The first-order valence-corrected chi connectivity index (χ1v) is 11.9. The van der Waals surface area contributed by atoms with E-state index in [0.29, 0.717) is 28.2 Å². The maximum Gasteiger partial charge on any atom is 0.326 e. The summed E-state index contributed by atoms with van der Waals surface area (Å²) in [4.78, 5) is 47.5. The fraction of sp³-hybridized carbons (Fsp3) is 0.321. The molecule has 0 aliphatic carbocycles. The number of amides is 2. The Hall–Kier alpha value is -4.07. The summed E-state index contributed by atoms with van der Waals surface area (Å²) in [6.07, 6.45) is 3.00. The Morgan fingerprint density at radius 3 is 2.28 bits per heavy atom. The van der Waals surface area contributed by atoms with E-state index in [2.05, 4.69) is 36.1 Å². The maximum atomic E-state index is 13.0. The summed E-state index contributed by atoms with van der Waals surface area (Å²) in [6, 6.07) is 11.9. The van der Waals surface area contributed by atoms with Gasteiger partial charge in [0, 0.05) is 23.2 Å². The van der Waals surface area contributed by atoms with E-state index in [1.54, 1.807) is 32.0 Å². The van der Waals surface area contributed by atoms with Crippen LogP contribution in [-0.4, -0.2) is 43.8 Å². The van der Waals surface area contributed by atoms with E-state index < -0.39 is 12.0 Å². The number of aromatic nitrogens is 2. The average molecular weight is 487 g/mol. The van der Waals surface area contributed by atoms with Crippen molar-refractivity contribution >= 4 is 23.6 Å². The summed E-state index contributed by atoms with van der Waals surface area (Å²) >= 11 is 0. The zero-order valence-corrected chi connectivity index (χ0v) is 21.1. The van der Waals surface area contributed by atoms with Crippen LogP contribution in [0, 0.1) is 5.92 Å². The van der Waals surface area contributed by atoms with Gasteiger partial charge in [-0.05, 0) is 40.7 Å². The second kappa shape index (κ2) is 9.53. The van der Waals surface area contributed by atoms with Gasteiger partial charge in [-0.3, -0.25) is 14.6 Å². The largest absolute Gasteiger partial charge is 0.480 e. The third-order valence-corrected chi connectivity index (χ3v) is 6.36. The topological polar surface area (TPSA) is 112 Å². The molecule has 3 aromatic rings. The van der Waals surface area contributed by atoms with Crippen LogP contribution in [0.2, 0.25) is 0 Å². The Bertz CT molecular complexity index is 1310. The number of nitrogens with zero attached hydrogens (tertiary/aromatic N) is 3. The zero-order valence-electron chi connectivity index (χ0n) is 21.1. The van der Waals surface area contributed by atoms with E-state index in [4.69, 9.17) is 0 Å². The first-order valence-electron chi connectivity index (χ1n) is 11.9. The van der Waals surface area contributed by atoms with Gasteiger partial charge in [0.15, 0.2) is 5.82 Å². The van der Waals surface area contributed by atoms with Crippen LogP contribution >= 0.6 is 0 Å². The first kappa shape index (κ1) is 25.0. The molecule has 0 bridgehead atoms. The van der Waals surface area contributed by atoms with E-state index in [-0.39, 0.29) is 29.7 Å². The molecule has 1 atom stereocenters. The highest BCUT2D eigenvalue weighted by molar-refractivity contribution is 6.04. The lowest BCUT2D eigenvalue weighted by Gasteiger charge is -2.27. The molecule has 0 radical (unpaired) electrons. The number of carbonyl (C=O) groups is 3. The molecule has 4 rings (SSSR count). The normalized spacial score (nSPS) is 14.1. The highest BCUT2D eigenvalue weighted by Crippen LogP contribution is 2.30. The Kier molecular flexibility index (Phi) is 6.63. The minimum absolute atomic E-state index is 0.00314. The van der Waals surface area contributed by atoms with E-state index in [1.165, 1.54) is 17.3 Å². The highest BCUT2D eigenvalue weighted by Gasteiger charge is 2.38. The van der Waals surface area contributed by atoms with Crippen LogP contribution in [0.25, 0.3) is 11.3 Å². The van der Waals surface area contributed by atoms with Crippen LogP contribution in [-0.2, 0) is 16.8 Å². The van der Waals surface area contributed by atoms with Crippen LogP contribution in [0.1, 0.15) is 66.5 Å². The summed E-state index contributed by atoms with van der Waals surface area (Å²) in [6.45, 7) is 10.2. The molecular weight excluding hydrogens is 456 g/mol. The summed E-state index contributed by atoms with van der Waals surface area (Å²) < 4.78 is 0. The number of hydrogen-bond acceptors (Lipinski definition) is 5. The third-order valence-electron chi connectivity index (χ3n) is 6.36. The van der Waals surface area contributed by atoms with Crippen LogP contribution in [0.5, 0.6) is 0 Å². The zero-order chi connectivity index (χ0) is 26.2. The molecule has 36 heavy (non-hydrogen) atoms. The Morgan fingerprint density at radius 2 is 1.72 bits per heavy atom. The van der Waals surface area contributed by atoms with Gasteiger partial charge < -0.3 is 15.3 Å². The second-order valence-electron chi connectivity index (χ2n) is 10.4. The van der Waals surface area contributed by atoms with Gasteiger partial charge in [0.1, 0.15) is 6.04 Å². The number of hydrogen-bond donors (Lipinski definition) is 2. The van der Waals surface area contributed by atoms with Gasteiger partial charge in [-0.2, -0.15) is 0 Å². The van der Waals surface area contributed by atoms with Crippen LogP contribution in [0.15, 0.2) is 54.9 Å². The standard InChI is InChI=1S/C28H30N4O4/c1-16(2)24(27(35)36)32-15-19-7-6-18(12-21(19)26(32)34)22-13-30-23(14-29-22)31-25(33)17-8-10-20(11-9-17)28(3,4)5/h6-14,16,24H,15H2,1-5H3,(H,35,36)(H,30,31,33). The minimum Gasteiger partial charge on any atom is -0.480 e. The SMILES string of the molecule is CC(C)C(C(=O)O)N1Cc2ccc(-c3cnc(NC(=O)c4ccc(C(C)(C)C)cc4)cn3)cc2C1=O. The first-order chi connectivity index (χ1) is 17.0. The van der Waals surface area contributed by atoms with Gasteiger partial charge in [0.2, 0.25) is 0 Å². The molecule has 8 nitrogen and oxygen atoms in total. The molecule has 0 fully saturated rings. The van der Waals surface area contributed by atoms with Gasteiger partial charge >= 0.3 is 5.97 Å². The predicted molar refractivity (Wildman–Crippen MR) is 137 cm³/mol. The average Bonchev–Trinajstić information content (AvgIpc) is 3.14. The number of nitrogens with one attached hydrogen (secondary N) is 1. The van der Waals surface area contributed by atoms with Crippen molar-refractivity contribution in [2.75, 3.05) is 5.32 Å². The van der Waals surface area contributed by atoms with E-state index in [0.717, 1.165) is 11.1 Å². The van der Waals surface area contributed by atoms with Crippen molar-refractivity contribution in [3.63, 3.8) is 0 Å². The van der Waals surface area contributed by atoms with Crippen molar-refractivity contribution < 1.29 is 19.5 Å². The van der Waals surface area contributed by atoms with Gasteiger partial charge in [-0.1, -0.05) is 58.9 Å². The lowest BCUT2D eigenvalue weighted by molar-refractivity contribution is -0.144. The van der Waals surface area contributed by atoms with E-state index >= 15 is 0 Å². The number of carbonyl (C=O) groups excluding carboxylic acids is 2. The van der Waals surface area contributed by atoms with Gasteiger partial charge in [-0.15, -0.1) is 0 Å². The number of aliphatic carboxylic acids is 1.